The van der Waals surface area contributed by atoms with Gasteiger partial charge < -0.3 is 0 Å². The SMILES string of the molecule is CCc1ccc(C2(N(C)C)CCCCC2)c(CC)c1. The van der Waals surface area contributed by atoms with Crippen molar-refractivity contribution in [3.8, 4) is 0 Å². The third-order valence-electron chi connectivity index (χ3n) is 5.00. The highest BCUT2D eigenvalue weighted by molar-refractivity contribution is 5.38. The van der Waals surface area contributed by atoms with Gasteiger partial charge >= 0.3 is 0 Å². The average molecular weight is 259 g/mol. The van der Waals surface area contributed by atoms with Crippen molar-refractivity contribution in [2.24, 2.45) is 0 Å². The maximum absolute atomic E-state index is 2.48. The van der Waals surface area contributed by atoms with Crippen LogP contribution in [-0.2, 0) is 18.4 Å². The van der Waals surface area contributed by atoms with E-state index in [0.29, 0.717) is 0 Å². The van der Waals surface area contributed by atoms with Crippen LogP contribution in [0.15, 0.2) is 18.2 Å². The molecule has 0 aliphatic heterocycles. The molecule has 0 atom stereocenters. The van der Waals surface area contributed by atoms with Gasteiger partial charge in [0.2, 0.25) is 0 Å². The zero-order chi connectivity index (χ0) is 13.9. The van der Waals surface area contributed by atoms with Gasteiger partial charge in [0.1, 0.15) is 0 Å². The normalized spacial score (nSPS) is 18.8. The first kappa shape index (κ1) is 14.6. The maximum Gasteiger partial charge on any atom is 0.0457 e. The lowest BCUT2D eigenvalue weighted by Gasteiger charge is -2.44. The van der Waals surface area contributed by atoms with Crippen molar-refractivity contribution < 1.29 is 0 Å². The van der Waals surface area contributed by atoms with Gasteiger partial charge in [0.15, 0.2) is 0 Å². The number of hydrogen-bond donors (Lipinski definition) is 0. The number of aryl methyl sites for hydroxylation is 2. The monoisotopic (exact) mass is 259 g/mol. The summed E-state index contributed by atoms with van der Waals surface area (Å²) in [6.07, 6.45) is 9.08. The molecule has 0 aromatic heterocycles. The Kier molecular flexibility index (Phi) is 4.67. The number of hydrogen-bond acceptors (Lipinski definition) is 1. The van der Waals surface area contributed by atoms with Crippen LogP contribution in [0.4, 0.5) is 0 Å². The molecule has 19 heavy (non-hydrogen) atoms. The van der Waals surface area contributed by atoms with Crippen LogP contribution in [0, 0.1) is 0 Å². The lowest BCUT2D eigenvalue weighted by molar-refractivity contribution is 0.0979. The Morgan fingerprint density at radius 1 is 1.00 bits per heavy atom. The molecule has 0 saturated heterocycles. The van der Waals surface area contributed by atoms with E-state index < -0.39 is 0 Å². The first-order valence-electron chi connectivity index (χ1n) is 7.93. The van der Waals surface area contributed by atoms with E-state index in [9.17, 15) is 0 Å². The van der Waals surface area contributed by atoms with E-state index in [1.165, 1.54) is 37.7 Å². The van der Waals surface area contributed by atoms with Gasteiger partial charge in [-0.2, -0.15) is 0 Å². The standard InChI is InChI=1S/C18H29N/c1-5-15-10-11-17(16(6-2)14-15)18(19(3)4)12-8-7-9-13-18/h10-11,14H,5-9,12-13H2,1-4H3. The van der Waals surface area contributed by atoms with Gasteiger partial charge in [-0.1, -0.05) is 51.3 Å². The van der Waals surface area contributed by atoms with E-state index in [4.69, 9.17) is 0 Å². The fourth-order valence-electron chi connectivity index (χ4n) is 3.71. The lowest BCUT2D eigenvalue weighted by atomic mass is 9.73. The minimum atomic E-state index is 0.288. The summed E-state index contributed by atoms with van der Waals surface area (Å²) in [5, 5.41) is 0. The molecule has 0 N–H and O–H groups in total. The molecule has 1 aromatic carbocycles. The summed E-state index contributed by atoms with van der Waals surface area (Å²) in [4.78, 5) is 2.48. The molecule has 106 valence electrons. The number of nitrogens with zero attached hydrogens (tertiary/aromatic N) is 1. The molecule has 0 spiro atoms. The Morgan fingerprint density at radius 3 is 2.21 bits per heavy atom. The van der Waals surface area contributed by atoms with Crippen LogP contribution in [0.1, 0.15) is 62.6 Å². The highest BCUT2D eigenvalue weighted by Crippen LogP contribution is 2.42. The van der Waals surface area contributed by atoms with E-state index in [2.05, 4.69) is 51.0 Å². The smallest absolute Gasteiger partial charge is 0.0457 e. The second-order valence-electron chi connectivity index (χ2n) is 6.19. The predicted molar refractivity (Wildman–Crippen MR) is 83.6 cm³/mol. The largest absolute Gasteiger partial charge is 0.300 e. The molecule has 1 saturated carbocycles. The van der Waals surface area contributed by atoms with Crippen molar-refractivity contribution in [2.75, 3.05) is 14.1 Å². The molecule has 1 nitrogen and oxygen atoms in total. The van der Waals surface area contributed by atoms with Crippen molar-refractivity contribution in [3.05, 3.63) is 34.9 Å². The molecular formula is C18H29N. The highest BCUT2D eigenvalue weighted by Gasteiger charge is 2.37. The van der Waals surface area contributed by atoms with Crippen molar-refractivity contribution >= 4 is 0 Å². The summed E-state index contributed by atoms with van der Waals surface area (Å²) in [6, 6.07) is 7.20. The molecule has 1 heteroatoms. The van der Waals surface area contributed by atoms with Crippen molar-refractivity contribution in [1.82, 2.24) is 4.90 Å². The maximum atomic E-state index is 2.48. The molecule has 1 aromatic rings. The Balaban J connectivity index is 2.47. The van der Waals surface area contributed by atoms with Crippen molar-refractivity contribution in [3.63, 3.8) is 0 Å². The molecule has 1 aliphatic carbocycles. The molecule has 0 amide bonds. The minimum absolute atomic E-state index is 0.288. The zero-order valence-electron chi connectivity index (χ0n) is 13.1. The van der Waals surface area contributed by atoms with Gasteiger partial charge in [-0.3, -0.25) is 4.90 Å². The van der Waals surface area contributed by atoms with E-state index in [-0.39, 0.29) is 5.54 Å². The first-order chi connectivity index (χ1) is 9.14. The van der Waals surface area contributed by atoms with Gasteiger partial charge in [-0.15, -0.1) is 0 Å². The van der Waals surface area contributed by atoms with Crippen LogP contribution in [-0.4, -0.2) is 19.0 Å². The summed E-state index contributed by atoms with van der Waals surface area (Å²) in [5.74, 6) is 0. The third kappa shape index (κ3) is 2.72. The first-order valence-corrected chi connectivity index (χ1v) is 7.93. The second-order valence-corrected chi connectivity index (χ2v) is 6.19. The minimum Gasteiger partial charge on any atom is -0.300 e. The summed E-state index contributed by atoms with van der Waals surface area (Å²) in [6.45, 7) is 4.54. The van der Waals surface area contributed by atoms with E-state index >= 15 is 0 Å². The summed E-state index contributed by atoms with van der Waals surface area (Å²) >= 11 is 0. The molecule has 0 unspecified atom stereocenters. The molecular weight excluding hydrogens is 230 g/mol. The van der Waals surface area contributed by atoms with Crippen LogP contribution in [0.5, 0.6) is 0 Å². The van der Waals surface area contributed by atoms with Crippen LogP contribution >= 0.6 is 0 Å². The topological polar surface area (TPSA) is 3.24 Å². The summed E-state index contributed by atoms with van der Waals surface area (Å²) < 4.78 is 0. The molecule has 2 rings (SSSR count). The quantitative estimate of drug-likeness (QED) is 0.767. The predicted octanol–water partition coefficient (Wildman–Crippen LogP) is 4.53. The zero-order valence-corrected chi connectivity index (χ0v) is 13.1. The molecule has 0 bridgehead atoms. The Hall–Kier alpha value is -0.820. The van der Waals surface area contributed by atoms with Crippen LogP contribution < -0.4 is 0 Å². The van der Waals surface area contributed by atoms with Gasteiger partial charge in [-0.25, -0.2) is 0 Å². The van der Waals surface area contributed by atoms with Crippen molar-refractivity contribution in [1.29, 1.82) is 0 Å². The molecule has 1 aliphatic rings. The van der Waals surface area contributed by atoms with Gasteiger partial charge in [0.25, 0.3) is 0 Å². The molecule has 0 radical (unpaired) electrons. The van der Waals surface area contributed by atoms with E-state index in [1.54, 1.807) is 11.1 Å². The number of rotatable bonds is 4. The Morgan fingerprint density at radius 2 is 1.68 bits per heavy atom. The fraction of sp³-hybridized carbons (Fsp3) is 0.667. The third-order valence-corrected chi connectivity index (χ3v) is 5.00. The van der Waals surface area contributed by atoms with Gasteiger partial charge in [0, 0.05) is 5.54 Å². The molecule has 1 fully saturated rings. The number of benzene rings is 1. The molecule has 0 heterocycles. The Bertz CT molecular complexity index is 414. The average Bonchev–Trinajstić information content (AvgIpc) is 2.47. The van der Waals surface area contributed by atoms with Crippen LogP contribution in [0.25, 0.3) is 0 Å². The fourth-order valence-corrected chi connectivity index (χ4v) is 3.71. The second kappa shape index (κ2) is 6.09. The Labute approximate surface area is 119 Å². The highest BCUT2D eigenvalue weighted by atomic mass is 15.1. The van der Waals surface area contributed by atoms with E-state index in [0.717, 1.165) is 12.8 Å². The lowest BCUT2D eigenvalue weighted by Crippen LogP contribution is -2.43. The summed E-state index contributed by atoms with van der Waals surface area (Å²) in [5.41, 5.74) is 4.92. The van der Waals surface area contributed by atoms with Crippen molar-refractivity contribution in [2.45, 2.75) is 64.3 Å². The van der Waals surface area contributed by atoms with Gasteiger partial charge in [-0.05, 0) is 56.5 Å². The van der Waals surface area contributed by atoms with Crippen LogP contribution in [0.2, 0.25) is 0 Å². The van der Waals surface area contributed by atoms with Crippen LogP contribution in [0.3, 0.4) is 0 Å². The van der Waals surface area contributed by atoms with Gasteiger partial charge in [0.05, 0.1) is 0 Å². The summed E-state index contributed by atoms with van der Waals surface area (Å²) in [7, 11) is 4.52. The van der Waals surface area contributed by atoms with E-state index in [1.807, 2.05) is 0 Å².